The number of ether oxygens (including phenoxy) is 1. The number of carbonyl (C=O) groups excluding carboxylic acids is 1. The van der Waals surface area contributed by atoms with Gasteiger partial charge >= 0.3 is 0 Å². The van der Waals surface area contributed by atoms with Crippen LogP contribution in [0.5, 0.6) is 0 Å². The van der Waals surface area contributed by atoms with Gasteiger partial charge in [0.1, 0.15) is 5.82 Å². The Hall–Kier alpha value is -1.02. The van der Waals surface area contributed by atoms with E-state index in [4.69, 9.17) is 10.5 Å². The molecule has 7 heteroatoms. The molecule has 1 unspecified atom stereocenters. The Morgan fingerprint density at radius 1 is 1.63 bits per heavy atom. The van der Waals surface area contributed by atoms with Gasteiger partial charge in [0.25, 0.3) is 0 Å². The van der Waals surface area contributed by atoms with Gasteiger partial charge in [-0.25, -0.2) is 4.98 Å². The van der Waals surface area contributed by atoms with Crippen LogP contribution in [0.2, 0.25) is 0 Å². The van der Waals surface area contributed by atoms with Crippen molar-refractivity contribution in [2.24, 2.45) is 5.73 Å². The van der Waals surface area contributed by atoms with Crippen LogP contribution in [0.1, 0.15) is 0 Å². The molecule has 1 aliphatic heterocycles. The lowest BCUT2D eigenvalue weighted by molar-refractivity contribution is -0.119. The van der Waals surface area contributed by atoms with Crippen LogP contribution in [0.4, 0.5) is 5.82 Å². The molecule has 19 heavy (non-hydrogen) atoms. The molecule has 1 atom stereocenters. The van der Waals surface area contributed by atoms with E-state index in [1.165, 1.54) is 0 Å². The number of carbonyl (C=O) groups is 1. The fourth-order valence-corrected chi connectivity index (χ4v) is 2.14. The Labute approximate surface area is 120 Å². The fourth-order valence-electron chi connectivity index (χ4n) is 1.90. The molecule has 0 radical (unpaired) electrons. The van der Waals surface area contributed by atoms with Crippen LogP contribution in [-0.2, 0) is 9.53 Å². The second-order valence-corrected chi connectivity index (χ2v) is 5.29. The van der Waals surface area contributed by atoms with Gasteiger partial charge in [-0.15, -0.1) is 0 Å². The van der Waals surface area contributed by atoms with Gasteiger partial charge in [-0.05, 0) is 28.1 Å². The molecule has 1 aromatic rings. The number of nitrogens with zero attached hydrogens (tertiary/aromatic N) is 2. The molecule has 0 bridgehead atoms. The molecule has 1 aromatic heterocycles. The van der Waals surface area contributed by atoms with Crippen LogP contribution in [0.3, 0.4) is 0 Å². The van der Waals surface area contributed by atoms with E-state index in [9.17, 15) is 4.79 Å². The van der Waals surface area contributed by atoms with Gasteiger partial charge < -0.3 is 15.8 Å². The van der Waals surface area contributed by atoms with Gasteiger partial charge in [0.15, 0.2) is 0 Å². The molecule has 0 aromatic carbocycles. The highest BCUT2D eigenvalue weighted by Crippen LogP contribution is 2.10. The molecule has 1 fully saturated rings. The molecule has 0 aliphatic carbocycles. The van der Waals surface area contributed by atoms with Crippen molar-refractivity contribution in [3.8, 4) is 0 Å². The zero-order valence-corrected chi connectivity index (χ0v) is 12.1. The van der Waals surface area contributed by atoms with Gasteiger partial charge in [0.05, 0.1) is 19.3 Å². The third-order valence-electron chi connectivity index (χ3n) is 2.85. The second kappa shape index (κ2) is 6.95. The average Bonchev–Trinajstić information content (AvgIpc) is 2.41. The van der Waals surface area contributed by atoms with E-state index in [1.807, 2.05) is 11.0 Å². The van der Waals surface area contributed by atoms with Crippen LogP contribution in [0.25, 0.3) is 0 Å². The average molecular weight is 329 g/mol. The Morgan fingerprint density at radius 2 is 2.47 bits per heavy atom. The minimum atomic E-state index is -0.0764. The van der Waals surface area contributed by atoms with Crippen LogP contribution in [0.15, 0.2) is 22.8 Å². The predicted molar refractivity (Wildman–Crippen MR) is 75.8 cm³/mol. The van der Waals surface area contributed by atoms with Crippen molar-refractivity contribution in [2.45, 2.75) is 6.10 Å². The normalized spacial score (nSPS) is 20.2. The Kier molecular flexibility index (Phi) is 5.26. The fraction of sp³-hybridized carbons (Fsp3) is 0.500. The van der Waals surface area contributed by atoms with Crippen molar-refractivity contribution in [3.63, 3.8) is 0 Å². The second-order valence-electron chi connectivity index (χ2n) is 4.37. The first-order valence-electron chi connectivity index (χ1n) is 6.13. The molecule has 3 N–H and O–H groups in total. The van der Waals surface area contributed by atoms with Crippen molar-refractivity contribution in [3.05, 3.63) is 22.8 Å². The number of hydrogen-bond acceptors (Lipinski definition) is 5. The monoisotopic (exact) mass is 328 g/mol. The number of nitrogens with two attached hydrogens (primary N) is 1. The number of nitrogens with one attached hydrogen (secondary N) is 1. The lowest BCUT2D eigenvalue weighted by Crippen LogP contribution is -2.48. The van der Waals surface area contributed by atoms with Crippen molar-refractivity contribution in [1.29, 1.82) is 0 Å². The number of morpholine rings is 1. The number of halogens is 1. The standard InChI is InChI=1S/C12H17BrN4O2/c13-9-1-2-11(15-6-9)16-12(18)8-17-3-4-19-10(5-14)7-17/h1-2,6,10H,3-5,7-8,14H2,(H,15,16,18). The minimum absolute atomic E-state index is 0.0207. The molecule has 1 aliphatic rings. The number of hydrogen-bond donors (Lipinski definition) is 2. The molecular weight excluding hydrogens is 312 g/mol. The zero-order chi connectivity index (χ0) is 13.7. The first-order valence-corrected chi connectivity index (χ1v) is 6.92. The maximum Gasteiger partial charge on any atom is 0.239 e. The third kappa shape index (κ3) is 4.54. The van der Waals surface area contributed by atoms with Gasteiger partial charge in [-0.3, -0.25) is 9.69 Å². The molecule has 2 rings (SSSR count). The topological polar surface area (TPSA) is 80.5 Å². The van der Waals surface area contributed by atoms with Crippen molar-refractivity contribution >= 4 is 27.7 Å². The quantitative estimate of drug-likeness (QED) is 0.838. The summed E-state index contributed by atoms with van der Waals surface area (Å²) in [7, 11) is 0. The highest BCUT2D eigenvalue weighted by Gasteiger charge is 2.21. The molecule has 1 saturated heterocycles. The summed E-state index contributed by atoms with van der Waals surface area (Å²) < 4.78 is 6.33. The van der Waals surface area contributed by atoms with Crippen LogP contribution in [-0.4, -0.2) is 54.7 Å². The van der Waals surface area contributed by atoms with Gasteiger partial charge in [-0.2, -0.15) is 0 Å². The molecule has 104 valence electrons. The zero-order valence-electron chi connectivity index (χ0n) is 10.5. The Bertz CT molecular complexity index is 426. The Balaban J connectivity index is 1.82. The summed E-state index contributed by atoms with van der Waals surface area (Å²) >= 11 is 3.30. The first kappa shape index (κ1) is 14.4. The highest BCUT2D eigenvalue weighted by atomic mass is 79.9. The number of amides is 1. The number of aromatic nitrogens is 1. The van der Waals surface area contributed by atoms with Gasteiger partial charge in [0.2, 0.25) is 5.91 Å². The lowest BCUT2D eigenvalue weighted by atomic mass is 10.2. The van der Waals surface area contributed by atoms with Gasteiger partial charge in [-0.1, -0.05) is 0 Å². The van der Waals surface area contributed by atoms with Crippen LogP contribution < -0.4 is 11.1 Å². The van der Waals surface area contributed by atoms with Crippen molar-refractivity contribution < 1.29 is 9.53 Å². The van der Waals surface area contributed by atoms with Crippen molar-refractivity contribution in [1.82, 2.24) is 9.88 Å². The molecule has 1 amide bonds. The summed E-state index contributed by atoms with van der Waals surface area (Å²) in [5, 5.41) is 2.76. The maximum absolute atomic E-state index is 11.9. The van der Waals surface area contributed by atoms with E-state index in [0.29, 0.717) is 32.1 Å². The predicted octanol–water partition coefficient (Wildman–Crippen LogP) is 0.442. The smallest absolute Gasteiger partial charge is 0.239 e. The maximum atomic E-state index is 11.9. The van der Waals surface area contributed by atoms with E-state index in [-0.39, 0.29) is 12.0 Å². The summed E-state index contributed by atoms with van der Waals surface area (Å²) in [6.45, 7) is 2.87. The summed E-state index contributed by atoms with van der Waals surface area (Å²) in [4.78, 5) is 18.0. The van der Waals surface area contributed by atoms with E-state index in [1.54, 1.807) is 12.3 Å². The number of pyridine rings is 1. The van der Waals surface area contributed by atoms with E-state index in [0.717, 1.165) is 11.0 Å². The van der Waals surface area contributed by atoms with E-state index >= 15 is 0 Å². The molecule has 0 spiro atoms. The number of rotatable bonds is 4. The van der Waals surface area contributed by atoms with Crippen LogP contribution in [0, 0.1) is 0 Å². The van der Waals surface area contributed by atoms with Gasteiger partial charge in [0, 0.05) is 30.3 Å². The summed E-state index contributed by atoms with van der Waals surface area (Å²) in [6.07, 6.45) is 1.67. The third-order valence-corrected chi connectivity index (χ3v) is 3.32. The lowest BCUT2D eigenvalue weighted by Gasteiger charge is -2.31. The molecule has 2 heterocycles. The van der Waals surface area contributed by atoms with E-state index < -0.39 is 0 Å². The number of anilines is 1. The summed E-state index contributed by atoms with van der Waals surface area (Å²) in [6, 6.07) is 3.59. The molecule has 6 nitrogen and oxygen atoms in total. The molecule has 0 saturated carbocycles. The van der Waals surface area contributed by atoms with Crippen molar-refractivity contribution in [2.75, 3.05) is 38.1 Å². The highest BCUT2D eigenvalue weighted by molar-refractivity contribution is 9.10. The summed E-state index contributed by atoms with van der Waals surface area (Å²) in [5.74, 6) is 0.476. The van der Waals surface area contributed by atoms with Crippen LogP contribution >= 0.6 is 15.9 Å². The Morgan fingerprint density at radius 3 is 3.16 bits per heavy atom. The molecular formula is C12H17BrN4O2. The van der Waals surface area contributed by atoms with E-state index in [2.05, 4.69) is 26.2 Å². The summed E-state index contributed by atoms with van der Waals surface area (Å²) in [5.41, 5.74) is 5.57. The largest absolute Gasteiger partial charge is 0.374 e. The SMILES string of the molecule is NCC1CN(CC(=O)Nc2ccc(Br)cn2)CCO1. The first-order chi connectivity index (χ1) is 9.17. The minimum Gasteiger partial charge on any atom is -0.374 e.